The normalized spacial score (nSPS) is 9.89. The molecule has 1 aromatic rings. The summed E-state index contributed by atoms with van der Waals surface area (Å²) in [5.41, 5.74) is 0. The molecule has 0 aromatic carbocycles. The van der Waals surface area contributed by atoms with Gasteiger partial charge in [-0.15, -0.1) is 0 Å². The molecule has 5 nitrogen and oxygen atoms in total. The van der Waals surface area contributed by atoms with Crippen LogP contribution in [-0.4, -0.2) is 29.6 Å². The topological polar surface area (TPSA) is 64.8 Å². The van der Waals surface area contributed by atoms with Crippen molar-refractivity contribution >= 4 is 11.6 Å². The van der Waals surface area contributed by atoms with Gasteiger partial charge in [0.1, 0.15) is 17.5 Å². The fraction of sp³-hybridized carbons (Fsp3) is 0.615. The summed E-state index contributed by atoms with van der Waals surface area (Å²) in [5.74, 6) is 2.50. The summed E-state index contributed by atoms with van der Waals surface area (Å²) < 4.78 is 0. The number of rotatable bonds is 7. The monoisotopic (exact) mass is 247 g/mol. The van der Waals surface area contributed by atoms with E-state index >= 15 is 0 Å². The van der Waals surface area contributed by atoms with Crippen LogP contribution in [-0.2, 0) is 0 Å². The van der Waals surface area contributed by atoms with Gasteiger partial charge in [0.05, 0.1) is 12.5 Å². The van der Waals surface area contributed by atoms with Gasteiger partial charge in [0.15, 0.2) is 0 Å². The zero-order valence-electron chi connectivity index (χ0n) is 11.4. The standard InChI is InChI=1S/C13H21N5/c1-4-8-15-12-10-13(17-11(3)16-12)18(5-2)9-6-7-14/h10H,4-6,8-9H2,1-3H3,(H,15,16,17). The number of hydrogen-bond acceptors (Lipinski definition) is 5. The van der Waals surface area contributed by atoms with Crippen LogP contribution in [0.3, 0.4) is 0 Å². The van der Waals surface area contributed by atoms with Gasteiger partial charge in [-0.05, 0) is 20.3 Å². The average molecular weight is 247 g/mol. The molecule has 0 saturated carbocycles. The summed E-state index contributed by atoms with van der Waals surface area (Å²) in [5, 5.41) is 11.9. The van der Waals surface area contributed by atoms with Crippen LogP contribution in [0.4, 0.5) is 11.6 Å². The molecular weight excluding hydrogens is 226 g/mol. The molecule has 0 amide bonds. The number of hydrogen-bond donors (Lipinski definition) is 1. The van der Waals surface area contributed by atoms with Crippen LogP contribution >= 0.6 is 0 Å². The smallest absolute Gasteiger partial charge is 0.134 e. The van der Waals surface area contributed by atoms with Crippen LogP contribution in [0.25, 0.3) is 0 Å². The van der Waals surface area contributed by atoms with Crippen LogP contribution in [0.15, 0.2) is 6.07 Å². The third-order valence-corrected chi connectivity index (χ3v) is 2.58. The maximum Gasteiger partial charge on any atom is 0.134 e. The van der Waals surface area contributed by atoms with Crippen molar-refractivity contribution in [3.05, 3.63) is 11.9 Å². The lowest BCUT2D eigenvalue weighted by molar-refractivity contribution is 0.802. The Hall–Kier alpha value is -1.83. The third-order valence-electron chi connectivity index (χ3n) is 2.58. The van der Waals surface area contributed by atoms with E-state index in [9.17, 15) is 0 Å². The lowest BCUT2D eigenvalue weighted by Crippen LogP contribution is -2.25. The summed E-state index contributed by atoms with van der Waals surface area (Å²) in [6.07, 6.45) is 1.57. The summed E-state index contributed by atoms with van der Waals surface area (Å²) in [7, 11) is 0. The minimum atomic E-state index is 0.509. The molecule has 0 aliphatic rings. The predicted octanol–water partition coefficient (Wildman–Crippen LogP) is 2.35. The van der Waals surface area contributed by atoms with Gasteiger partial charge in [0.2, 0.25) is 0 Å². The number of aromatic nitrogens is 2. The van der Waals surface area contributed by atoms with Crippen molar-refractivity contribution < 1.29 is 0 Å². The van der Waals surface area contributed by atoms with Crippen molar-refractivity contribution in [1.29, 1.82) is 5.26 Å². The zero-order valence-corrected chi connectivity index (χ0v) is 11.4. The van der Waals surface area contributed by atoms with E-state index in [1.165, 1.54) is 0 Å². The number of anilines is 2. The SMILES string of the molecule is CCCNc1cc(N(CC)CCC#N)nc(C)n1. The van der Waals surface area contributed by atoms with E-state index in [0.717, 1.165) is 37.0 Å². The molecule has 0 aliphatic heterocycles. The molecule has 98 valence electrons. The fourth-order valence-corrected chi connectivity index (χ4v) is 1.68. The second kappa shape index (κ2) is 7.49. The number of nitrogens with zero attached hydrogens (tertiary/aromatic N) is 4. The Morgan fingerprint density at radius 2 is 2.17 bits per heavy atom. The number of nitriles is 1. The second-order valence-electron chi connectivity index (χ2n) is 4.07. The largest absolute Gasteiger partial charge is 0.370 e. The van der Waals surface area contributed by atoms with Crippen LogP contribution < -0.4 is 10.2 Å². The van der Waals surface area contributed by atoms with Gasteiger partial charge in [-0.1, -0.05) is 6.92 Å². The number of nitrogens with one attached hydrogen (secondary N) is 1. The molecular formula is C13H21N5. The van der Waals surface area contributed by atoms with Crippen molar-refractivity contribution in [2.24, 2.45) is 0 Å². The Balaban J connectivity index is 2.85. The first-order valence-electron chi connectivity index (χ1n) is 6.42. The van der Waals surface area contributed by atoms with Crippen LogP contribution in [0.5, 0.6) is 0 Å². The van der Waals surface area contributed by atoms with E-state index in [2.05, 4.69) is 40.1 Å². The lowest BCUT2D eigenvalue weighted by Gasteiger charge is -2.21. The molecule has 1 aromatic heterocycles. The van der Waals surface area contributed by atoms with E-state index < -0.39 is 0 Å². The molecule has 1 heterocycles. The van der Waals surface area contributed by atoms with E-state index in [-0.39, 0.29) is 0 Å². The first-order valence-corrected chi connectivity index (χ1v) is 6.42. The fourth-order valence-electron chi connectivity index (χ4n) is 1.68. The molecule has 0 radical (unpaired) electrons. The first kappa shape index (κ1) is 14.2. The van der Waals surface area contributed by atoms with Crippen molar-refractivity contribution in [2.75, 3.05) is 29.9 Å². The molecule has 0 spiro atoms. The molecule has 0 unspecified atom stereocenters. The highest BCUT2D eigenvalue weighted by Gasteiger charge is 2.08. The van der Waals surface area contributed by atoms with Crippen molar-refractivity contribution in [3.63, 3.8) is 0 Å². The molecule has 0 bridgehead atoms. The third kappa shape index (κ3) is 4.21. The lowest BCUT2D eigenvalue weighted by atomic mass is 10.3. The molecule has 0 fully saturated rings. The van der Waals surface area contributed by atoms with Crippen molar-refractivity contribution in [3.8, 4) is 6.07 Å². The average Bonchev–Trinajstić information content (AvgIpc) is 2.37. The van der Waals surface area contributed by atoms with E-state index in [1.807, 2.05) is 13.0 Å². The first-order chi connectivity index (χ1) is 8.71. The highest BCUT2D eigenvalue weighted by atomic mass is 15.2. The molecule has 5 heteroatoms. The van der Waals surface area contributed by atoms with Gasteiger partial charge in [0.25, 0.3) is 0 Å². The van der Waals surface area contributed by atoms with Crippen molar-refractivity contribution in [1.82, 2.24) is 9.97 Å². The molecule has 0 aliphatic carbocycles. The van der Waals surface area contributed by atoms with Crippen molar-refractivity contribution in [2.45, 2.75) is 33.6 Å². The van der Waals surface area contributed by atoms with Gasteiger partial charge in [-0.2, -0.15) is 5.26 Å². The van der Waals surface area contributed by atoms with Crippen LogP contribution in [0.2, 0.25) is 0 Å². The minimum absolute atomic E-state index is 0.509. The summed E-state index contributed by atoms with van der Waals surface area (Å²) in [6, 6.07) is 4.11. The quantitative estimate of drug-likeness (QED) is 0.801. The Morgan fingerprint density at radius 3 is 2.78 bits per heavy atom. The zero-order chi connectivity index (χ0) is 13.4. The van der Waals surface area contributed by atoms with Gasteiger partial charge >= 0.3 is 0 Å². The Labute approximate surface area is 109 Å². The molecule has 0 atom stereocenters. The Kier molecular flexibility index (Phi) is 5.92. The van der Waals surface area contributed by atoms with Gasteiger partial charge in [-0.3, -0.25) is 0 Å². The maximum absolute atomic E-state index is 8.66. The van der Waals surface area contributed by atoms with Crippen LogP contribution in [0, 0.1) is 18.3 Å². The van der Waals surface area contributed by atoms with E-state index in [1.54, 1.807) is 0 Å². The molecule has 0 saturated heterocycles. The maximum atomic E-state index is 8.66. The minimum Gasteiger partial charge on any atom is -0.370 e. The van der Waals surface area contributed by atoms with Gasteiger partial charge in [-0.25, -0.2) is 9.97 Å². The highest BCUT2D eigenvalue weighted by molar-refractivity contribution is 5.49. The second-order valence-corrected chi connectivity index (χ2v) is 4.07. The summed E-state index contributed by atoms with van der Waals surface area (Å²) in [4.78, 5) is 10.9. The highest BCUT2D eigenvalue weighted by Crippen LogP contribution is 2.16. The van der Waals surface area contributed by atoms with E-state index in [4.69, 9.17) is 5.26 Å². The predicted molar refractivity (Wildman–Crippen MR) is 73.7 cm³/mol. The molecule has 18 heavy (non-hydrogen) atoms. The summed E-state index contributed by atoms with van der Waals surface area (Å²) >= 11 is 0. The molecule has 1 N–H and O–H groups in total. The summed E-state index contributed by atoms with van der Waals surface area (Å²) in [6.45, 7) is 8.52. The Morgan fingerprint density at radius 1 is 1.39 bits per heavy atom. The van der Waals surface area contributed by atoms with Crippen LogP contribution in [0.1, 0.15) is 32.5 Å². The van der Waals surface area contributed by atoms with Gasteiger partial charge < -0.3 is 10.2 Å². The van der Waals surface area contributed by atoms with Gasteiger partial charge in [0, 0.05) is 25.7 Å². The Bertz CT molecular complexity index is 410. The number of aryl methyl sites for hydroxylation is 1. The molecule has 1 rings (SSSR count). The van der Waals surface area contributed by atoms with E-state index in [0.29, 0.717) is 13.0 Å².